The van der Waals surface area contributed by atoms with Crippen LogP contribution >= 0.6 is 0 Å². The van der Waals surface area contributed by atoms with Crippen LogP contribution in [0.2, 0.25) is 0 Å². The summed E-state index contributed by atoms with van der Waals surface area (Å²) in [5, 5.41) is 11.3. The third kappa shape index (κ3) is 5.33. The predicted molar refractivity (Wildman–Crippen MR) is 118 cm³/mol. The first-order valence-electron chi connectivity index (χ1n) is 10.3. The first kappa shape index (κ1) is 22.4. The number of benzene rings is 2. The van der Waals surface area contributed by atoms with E-state index in [1.165, 1.54) is 12.1 Å². The number of piperazine rings is 1. The Morgan fingerprint density at radius 1 is 0.970 bits per heavy atom. The molecule has 33 heavy (non-hydrogen) atoms. The summed E-state index contributed by atoms with van der Waals surface area (Å²) in [6.45, 7) is 2.03. The number of nitrogens with one attached hydrogen (secondary N) is 1. The maximum atomic E-state index is 12.7. The second-order valence-electron chi connectivity index (χ2n) is 7.49. The number of carbonyl (C=O) groups is 1. The van der Waals surface area contributed by atoms with Crippen molar-refractivity contribution in [3.05, 3.63) is 66.2 Å². The van der Waals surface area contributed by atoms with Crippen molar-refractivity contribution in [3.63, 3.8) is 0 Å². The van der Waals surface area contributed by atoms with Gasteiger partial charge in [-0.1, -0.05) is 12.1 Å². The number of nitrogens with zero attached hydrogens (tertiary/aromatic N) is 4. The minimum Gasteiger partial charge on any atom is -0.497 e. The molecule has 2 aromatic carbocycles. The van der Waals surface area contributed by atoms with Crippen LogP contribution in [-0.2, 0) is 6.18 Å². The van der Waals surface area contributed by atoms with Gasteiger partial charge in [-0.2, -0.15) is 13.2 Å². The van der Waals surface area contributed by atoms with E-state index in [2.05, 4.69) is 15.5 Å². The van der Waals surface area contributed by atoms with E-state index in [1.54, 1.807) is 12.0 Å². The molecule has 3 aromatic rings. The quantitative estimate of drug-likeness (QED) is 0.624. The van der Waals surface area contributed by atoms with E-state index >= 15 is 0 Å². The van der Waals surface area contributed by atoms with Crippen LogP contribution in [0.3, 0.4) is 0 Å². The number of methoxy groups -OCH3 is 1. The number of carbonyl (C=O) groups excluding carboxylic acids is 1. The highest BCUT2D eigenvalue weighted by Gasteiger charge is 2.30. The highest BCUT2D eigenvalue weighted by Crippen LogP contribution is 2.30. The Balaban J connectivity index is 1.32. The van der Waals surface area contributed by atoms with Gasteiger partial charge in [-0.25, -0.2) is 4.79 Å². The van der Waals surface area contributed by atoms with E-state index in [-0.39, 0.29) is 6.03 Å². The first-order valence-corrected chi connectivity index (χ1v) is 10.3. The van der Waals surface area contributed by atoms with Crippen LogP contribution in [0.5, 0.6) is 5.75 Å². The van der Waals surface area contributed by atoms with Gasteiger partial charge in [-0.05, 0) is 48.5 Å². The van der Waals surface area contributed by atoms with Gasteiger partial charge in [-0.3, -0.25) is 0 Å². The average molecular weight is 457 g/mol. The Kier molecular flexibility index (Phi) is 6.34. The summed E-state index contributed by atoms with van der Waals surface area (Å²) in [4.78, 5) is 16.1. The molecule has 0 aliphatic carbocycles. The molecule has 0 unspecified atom stereocenters. The van der Waals surface area contributed by atoms with Gasteiger partial charge in [0.15, 0.2) is 5.82 Å². The van der Waals surface area contributed by atoms with Crippen molar-refractivity contribution in [2.45, 2.75) is 6.18 Å². The monoisotopic (exact) mass is 457 g/mol. The number of alkyl halides is 3. The SMILES string of the molecule is COc1cccc(-c2ccc(N3CCN(C(=O)Nc4ccc(C(F)(F)F)cc4)CC3)nn2)c1. The second kappa shape index (κ2) is 9.35. The van der Waals surface area contributed by atoms with Crippen molar-refractivity contribution in [2.24, 2.45) is 0 Å². The van der Waals surface area contributed by atoms with Crippen LogP contribution in [0, 0.1) is 0 Å². The van der Waals surface area contributed by atoms with Crippen LogP contribution in [0.15, 0.2) is 60.7 Å². The minimum absolute atomic E-state index is 0.314. The number of aromatic nitrogens is 2. The van der Waals surface area contributed by atoms with Gasteiger partial charge in [-0.15, -0.1) is 10.2 Å². The summed E-state index contributed by atoms with van der Waals surface area (Å²) in [5.41, 5.74) is 1.19. The van der Waals surface area contributed by atoms with Crippen molar-refractivity contribution in [1.82, 2.24) is 15.1 Å². The highest BCUT2D eigenvalue weighted by atomic mass is 19.4. The Morgan fingerprint density at radius 3 is 2.30 bits per heavy atom. The van der Waals surface area contributed by atoms with Crippen molar-refractivity contribution < 1.29 is 22.7 Å². The summed E-state index contributed by atoms with van der Waals surface area (Å²) in [7, 11) is 1.61. The zero-order chi connectivity index (χ0) is 23.4. The normalized spacial score (nSPS) is 14.2. The number of urea groups is 1. The van der Waals surface area contributed by atoms with E-state index in [0.29, 0.717) is 37.7 Å². The topological polar surface area (TPSA) is 70.6 Å². The molecule has 0 saturated carbocycles. The number of rotatable bonds is 4. The lowest BCUT2D eigenvalue weighted by atomic mass is 10.1. The van der Waals surface area contributed by atoms with Gasteiger partial charge < -0.3 is 19.9 Å². The van der Waals surface area contributed by atoms with Crippen LogP contribution in [0.4, 0.5) is 29.5 Å². The third-order valence-corrected chi connectivity index (χ3v) is 5.37. The molecular formula is C23H22F3N5O2. The van der Waals surface area contributed by atoms with Crippen molar-refractivity contribution in [3.8, 4) is 17.0 Å². The molecule has 0 bridgehead atoms. The van der Waals surface area contributed by atoms with E-state index in [0.717, 1.165) is 29.1 Å². The fourth-order valence-electron chi connectivity index (χ4n) is 3.51. The molecule has 1 N–H and O–H groups in total. The minimum atomic E-state index is -4.41. The molecule has 10 heteroatoms. The van der Waals surface area contributed by atoms with Crippen LogP contribution < -0.4 is 15.0 Å². The fraction of sp³-hybridized carbons (Fsp3) is 0.261. The number of ether oxygens (including phenoxy) is 1. The number of hydrogen-bond donors (Lipinski definition) is 1. The van der Waals surface area contributed by atoms with Gasteiger partial charge in [0, 0.05) is 37.4 Å². The number of amides is 2. The predicted octanol–water partition coefficient (Wildman–Crippen LogP) is 4.53. The molecule has 0 atom stereocenters. The molecule has 172 valence electrons. The molecule has 1 saturated heterocycles. The Hall–Kier alpha value is -3.82. The second-order valence-corrected chi connectivity index (χ2v) is 7.49. The summed E-state index contributed by atoms with van der Waals surface area (Å²) in [6, 6.07) is 15.4. The number of halogens is 3. The smallest absolute Gasteiger partial charge is 0.416 e. The summed E-state index contributed by atoms with van der Waals surface area (Å²) >= 11 is 0. The molecule has 1 fully saturated rings. The van der Waals surface area contributed by atoms with Crippen molar-refractivity contribution >= 4 is 17.5 Å². The van der Waals surface area contributed by atoms with Crippen molar-refractivity contribution in [1.29, 1.82) is 0 Å². The molecule has 4 rings (SSSR count). The molecule has 2 heterocycles. The number of hydrogen-bond acceptors (Lipinski definition) is 5. The Labute approximate surface area is 188 Å². The number of anilines is 2. The summed E-state index contributed by atoms with van der Waals surface area (Å²) < 4.78 is 43.3. The molecule has 1 aliphatic rings. The lowest BCUT2D eigenvalue weighted by Gasteiger charge is -2.35. The zero-order valence-electron chi connectivity index (χ0n) is 17.8. The largest absolute Gasteiger partial charge is 0.497 e. The van der Waals surface area contributed by atoms with Crippen LogP contribution in [-0.4, -0.2) is 54.4 Å². The van der Waals surface area contributed by atoms with Gasteiger partial charge >= 0.3 is 12.2 Å². The average Bonchev–Trinajstić information content (AvgIpc) is 2.84. The van der Waals surface area contributed by atoms with Crippen LogP contribution in [0.25, 0.3) is 11.3 Å². The molecule has 0 radical (unpaired) electrons. The Morgan fingerprint density at radius 2 is 1.70 bits per heavy atom. The zero-order valence-corrected chi connectivity index (χ0v) is 17.8. The first-order chi connectivity index (χ1) is 15.8. The van der Waals surface area contributed by atoms with Crippen molar-refractivity contribution in [2.75, 3.05) is 43.5 Å². The molecule has 2 amide bonds. The van der Waals surface area contributed by atoms with E-state index in [4.69, 9.17) is 4.74 Å². The van der Waals surface area contributed by atoms with Gasteiger partial charge in [0.05, 0.1) is 18.4 Å². The highest BCUT2D eigenvalue weighted by molar-refractivity contribution is 5.89. The van der Waals surface area contributed by atoms with Gasteiger partial charge in [0.25, 0.3) is 0 Å². The fourth-order valence-corrected chi connectivity index (χ4v) is 3.51. The molecule has 0 spiro atoms. The van der Waals surface area contributed by atoms with E-state index in [1.807, 2.05) is 41.3 Å². The summed E-state index contributed by atoms with van der Waals surface area (Å²) in [6.07, 6.45) is -4.41. The lowest BCUT2D eigenvalue weighted by molar-refractivity contribution is -0.137. The maximum Gasteiger partial charge on any atom is 0.416 e. The molecule has 1 aliphatic heterocycles. The standard InChI is InChI=1S/C23H22F3N5O2/c1-33-19-4-2-3-16(15-19)20-9-10-21(29-28-20)30-11-13-31(14-12-30)22(32)27-18-7-5-17(6-8-18)23(24,25)26/h2-10,15H,11-14H2,1H3,(H,27,32). The van der Waals surface area contributed by atoms with E-state index < -0.39 is 11.7 Å². The third-order valence-electron chi connectivity index (χ3n) is 5.37. The van der Waals surface area contributed by atoms with Gasteiger partial charge in [0.2, 0.25) is 0 Å². The summed E-state index contributed by atoms with van der Waals surface area (Å²) in [5.74, 6) is 1.45. The molecule has 1 aromatic heterocycles. The van der Waals surface area contributed by atoms with Crippen LogP contribution in [0.1, 0.15) is 5.56 Å². The van der Waals surface area contributed by atoms with Gasteiger partial charge in [0.1, 0.15) is 5.75 Å². The Bertz CT molecular complexity index is 1100. The maximum absolute atomic E-state index is 12.7. The van der Waals surface area contributed by atoms with E-state index in [9.17, 15) is 18.0 Å². The molecular weight excluding hydrogens is 435 g/mol. The lowest BCUT2D eigenvalue weighted by Crippen LogP contribution is -2.50. The molecule has 7 nitrogen and oxygen atoms in total.